The Morgan fingerprint density at radius 2 is 1.94 bits per heavy atom. The van der Waals surface area contributed by atoms with E-state index in [-0.39, 0.29) is 11.6 Å². The maximum absolute atomic E-state index is 14.6. The lowest BCUT2D eigenvalue weighted by Crippen LogP contribution is -2.42. The van der Waals surface area contributed by atoms with E-state index in [9.17, 15) is 4.39 Å². The van der Waals surface area contributed by atoms with Crippen molar-refractivity contribution in [2.24, 2.45) is 5.73 Å². The Morgan fingerprint density at radius 3 is 2.65 bits per heavy atom. The van der Waals surface area contributed by atoms with Gasteiger partial charge in [-0.3, -0.25) is 0 Å². The van der Waals surface area contributed by atoms with Crippen LogP contribution in [0.1, 0.15) is 36.8 Å². The fourth-order valence-corrected chi connectivity index (χ4v) is 4.95. The summed E-state index contributed by atoms with van der Waals surface area (Å²) in [6.07, 6.45) is 7.76. The molecule has 2 aromatic rings. The maximum Gasteiger partial charge on any atom is 0.225 e. The number of hydrazine groups is 1. The van der Waals surface area contributed by atoms with Gasteiger partial charge in [0.15, 0.2) is 0 Å². The van der Waals surface area contributed by atoms with Crippen LogP contribution in [0.5, 0.6) is 0 Å². The minimum atomic E-state index is -0.545. The number of ether oxygens (including phenoxy) is 1. The van der Waals surface area contributed by atoms with Gasteiger partial charge < -0.3 is 20.4 Å². The molecule has 0 aliphatic carbocycles. The third kappa shape index (κ3) is 4.49. The second kappa shape index (κ2) is 9.66. The van der Waals surface area contributed by atoms with Gasteiger partial charge in [-0.25, -0.2) is 19.4 Å². The summed E-state index contributed by atoms with van der Waals surface area (Å²) >= 11 is 0. The number of anilines is 1. The van der Waals surface area contributed by atoms with E-state index >= 15 is 0 Å². The molecule has 0 saturated carbocycles. The van der Waals surface area contributed by atoms with Crippen molar-refractivity contribution < 1.29 is 9.13 Å². The topological polar surface area (TPSA) is 94.5 Å². The van der Waals surface area contributed by atoms with Crippen LogP contribution < -0.4 is 10.6 Å². The number of hydrogen-bond donors (Lipinski definition) is 1. The van der Waals surface area contributed by atoms with Gasteiger partial charge in [0.1, 0.15) is 11.9 Å². The van der Waals surface area contributed by atoms with Crippen LogP contribution in [0.3, 0.4) is 0 Å². The fraction of sp³-hybridized carbons (Fsp3) is 0.480. The molecule has 0 bridgehead atoms. The van der Waals surface area contributed by atoms with E-state index in [1.165, 1.54) is 12.1 Å². The minimum Gasteiger partial charge on any atom is -0.381 e. The predicted molar refractivity (Wildman–Crippen MR) is 128 cm³/mol. The van der Waals surface area contributed by atoms with Crippen molar-refractivity contribution in [3.63, 3.8) is 0 Å². The molecule has 0 radical (unpaired) electrons. The van der Waals surface area contributed by atoms with Crippen molar-refractivity contribution in [2.45, 2.75) is 37.8 Å². The number of nitriles is 1. The molecule has 3 aliphatic rings. The zero-order valence-corrected chi connectivity index (χ0v) is 19.5. The molecule has 2 fully saturated rings. The number of nitrogens with zero attached hydrogens (tertiary/aromatic N) is 6. The quantitative estimate of drug-likeness (QED) is 0.740. The van der Waals surface area contributed by atoms with Crippen LogP contribution >= 0.6 is 0 Å². The summed E-state index contributed by atoms with van der Waals surface area (Å²) in [6, 6.07) is 7.17. The Kier molecular flexibility index (Phi) is 6.46. The first-order valence-electron chi connectivity index (χ1n) is 11.9. The third-order valence-electron chi connectivity index (χ3n) is 6.95. The zero-order valence-electron chi connectivity index (χ0n) is 19.5. The van der Waals surface area contributed by atoms with Gasteiger partial charge in [0.25, 0.3) is 0 Å². The molecule has 8 nitrogen and oxygen atoms in total. The first-order valence-corrected chi connectivity index (χ1v) is 11.9. The van der Waals surface area contributed by atoms with E-state index in [2.05, 4.69) is 28.2 Å². The molecule has 9 heteroatoms. The van der Waals surface area contributed by atoms with Gasteiger partial charge in [-0.15, -0.1) is 0 Å². The molecule has 0 amide bonds. The van der Waals surface area contributed by atoms with Crippen LogP contribution in [0.4, 0.5) is 10.3 Å². The Morgan fingerprint density at radius 1 is 1.18 bits per heavy atom. The summed E-state index contributed by atoms with van der Waals surface area (Å²) in [6.45, 7) is 3.84. The molecule has 4 heterocycles. The lowest BCUT2D eigenvalue weighted by molar-refractivity contribution is -0.0233. The number of nitrogens with two attached hydrogens (primary N) is 1. The second-order valence-electron chi connectivity index (χ2n) is 9.26. The Bertz CT molecular complexity index is 1120. The highest BCUT2D eigenvalue weighted by atomic mass is 19.1. The number of likely N-dealkylation sites (N-methyl/N-ethyl adjacent to an activating group) is 1. The highest BCUT2D eigenvalue weighted by molar-refractivity contribution is 5.80. The molecular formula is C25H30FN7O. The maximum atomic E-state index is 14.6. The highest BCUT2D eigenvalue weighted by Crippen LogP contribution is 2.34. The molecule has 2 saturated heterocycles. The number of piperidine rings is 1. The van der Waals surface area contributed by atoms with Crippen molar-refractivity contribution in [3.05, 3.63) is 47.5 Å². The van der Waals surface area contributed by atoms with Crippen LogP contribution in [-0.4, -0.2) is 72.0 Å². The number of halogens is 1. The summed E-state index contributed by atoms with van der Waals surface area (Å²) < 4.78 is 20.1. The average molecular weight is 464 g/mol. The summed E-state index contributed by atoms with van der Waals surface area (Å²) in [5, 5.41) is 13.6. The standard InChI is InChI=1S/C25H30FN7O/c1-31-15-19(16-33(31)21-6-10-34-11-7-21)22-14-29-25(32-8-4-20(28)5-9-32)30-24(22)17-2-3-18(13-27)23(26)12-17/h2-3,12,14,16,20-21H,4-11,15,28H2,1H3. The summed E-state index contributed by atoms with van der Waals surface area (Å²) in [5.74, 6) is 0.0834. The van der Waals surface area contributed by atoms with Gasteiger partial charge in [0.2, 0.25) is 5.95 Å². The molecule has 5 rings (SSSR count). The molecule has 0 spiro atoms. The van der Waals surface area contributed by atoms with Crippen molar-refractivity contribution >= 4 is 11.5 Å². The van der Waals surface area contributed by atoms with Crippen molar-refractivity contribution in [1.29, 1.82) is 5.26 Å². The Balaban J connectivity index is 1.53. The van der Waals surface area contributed by atoms with Gasteiger partial charge in [-0.05, 0) is 43.4 Å². The summed E-state index contributed by atoms with van der Waals surface area (Å²) in [7, 11) is 2.08. The first kappa shape index (κ1) is 22.7. The molecule has 2 N–H and O–H groups in total. The predicted octanol–water partition coefficient (Wildman–Crippen LogP) is 2.76. The zero-order chi connectivity index (χ0) is 23.7. The lowest BCUT2D eigenvalue weighted by atomic mass is 10.00. The smallest absolute Gasteiger partial charge is 0.225 e. The third-order valence-corrected chi connectivity index (χ3v) is 6.95. The molecule has 0 atom stereocenters. The Labute approximate surface area is 199 Å². The van der Waals surface area contributed by atoms with Gasteiger partial charge in [0, 0.05) is 75.5 Å². The first-order chi connectivity index (χ1) is 16.5. The van der Waals surface area contributed by atoms with Crippen LogP contribution in [0.15, 0.2) is 30.6 Å². The van der Waals surface area contributed by atoms with Crippen LogP contribution in [0.25, 0.3) is 16.8 Å². The van der Waals surface area contributed by atoms with Crippen molar-refractivity contribution in [2.75, 3.05) is 44.8 Å². The SMILES string of the molecule is CN1CC(c2cnc(N3CCC(N)CC3)nc2-c2ccc(C#N)c(F)c2)=CN1C1CCOCC1. The number of benzene rings is 1. The molecule has 1 aromatic heterocycles. The van der Waals surface area contributed by atoms with E-state index in [0.29, 0.717) is 29.8 Å². The van der Waals surface area contributed by atoms with Gasteiger partial charge in [-0.1, -0.05) is 6.07 Å². The van der Waals surface area contributed by atoms with Crippen LogP contribution in [0, 0.1) is 17.1 Å². The van der Waals surface area contributed by atoms with Gasteiger partial charge >= 0.3 is 0 Å². The molecule has 178 valence electrons. The lowest BCUT2D eigenvalue weighted by Gasteiger charge is -2.35. The number of rotatable bonds is 4. The highest BCUT2D eigenvalue weighted by Gasteiger charge is 2.30. The largest absolute Gasteiger partial charge is 0.381 e. The number of aromatic nitrogens is 2. The van der Waals surface area contributed by atoms with E-state index in [4.69, 9.17) is 25.7 Å². The van der Waals surface area contributed by atoms with Gasteiger partial charge in [0.05, 0.1) is 11.3 Å². The van der Waals surface area contributed by atoms with E-state index < -0.39 is 5.82 Å². The van der Waals surface area contributed by atoms with E-state index in [1.54, 1.807) is 6.07 Å². The normalized spacial score (nSPS) is 20.5. The average Bonchev–Trinajstić information content (AvgIpc) is 3.26. The second-order valence-corrected chi connectivity index (χ2v) is 9.26. The monoisotopic (exact) mass is 463 g/mol. The number of hydrogen-bond acceptors (Lipinski definition) is 8. The molecule has 34 heavy (non-hydrogen) atoms. The Hall–Kier alpha value is -3.06. The van der Waals surface area contributed by atoms with Crippen LogP contribution in [-0.2, 0) is 4.74 Å². The summed E-state index contributed by atoms with van der Waals surface area (Å²) in [5.41, 5.74) is 9.37. The van der Waals surface area contributed by atoms with E-state index in [0.717, 1.165) is 63.1 Å². The van der Waals surface area contributed by atoms with Crippen molar-refractivity contribution in [3.8, 4) is 17.3 Å². The molecule has 0 unspecified atom stereocenters. The minimum absolute atomic E-state index is 0.0232. The van der Waals surface area contributed by atoms with E-state index in [1.807, 2.05) is 12.3 Å². The molecule has 3 aliphatic heterocycles. The molecular weight excluding hydrogens is 433 g/mol. The molecule has 1 aromatic carbocycles. The van der Waals surface area contributed by atoms with Crippen molar-refractivity contribution in [1.82, 2.24) is 20.0 Å². The fourth-order valence-electron chi connectivity index (χ4n) is 4.95. The van der Waals surface area contributed by atoms with Crippen LogP contribution in [0.2, 0.25) is 0 Å². The summed E-state index contributed by atoms with van der Waals surface area (Å²) in [4.78, 5) is 11.8. The van der Waals surface area contributed by atoms with Gasteiger partial charge in [-0.2, -0.15) is 5.26 Å².